The molecule has 1 aliphatic rings. The highest BCUT2D eigenvalue weighted by Gasteiger charge is 2.39. The van der Waals surface area contributed by atoms with E-state index in [2.05, 4.69) is 0 Å². The number of amides is 2. The SMILES string of the molecule is O=C1C(Cl)=C(c2ccccc2)C(=O)N1c1ccc(Cl)cc1. The second-order valence-corrected chi connectivity index (χ2v) is 5.29. The highest BCUT2D eigenvalue weighted by molar-refractivity contribution is 6.60. The Labute approximate surface area is 131 Å². The molecule has 2 amide bonds. The smallest absolute Gasteiger partial charge is 0.268 e. The van der Waals surface area contributed by atoms with Gasteiger partial charge in [0.2, 0.25) is 0 Å². The third-order valence-electron chi connectivity index (χ3n) is 3.17. The number of carbonyl (C=O) groups excluding carboxylic acids is 2. The van der Waals surface area contributed by atoms with E-state index >= 15 is 0 Å². The molecule has 0 saturated carbocycles. The van der Waals surface area contributed by atoms with E-state index in [1.165, 1.54) is 0 Å². The van der Waals surface area contributed by atoms with Gasteiger partial charge < -0.3 is 0 Å². The summed E-state index contributed by atoms with van der Waals surface area (Å²) in [5.41, 5.74) is 1.29. The molecular formula is C16H9Cl2NO2. The number of benzene rings is 2. The van der Waals surface area contributed by atoms with Crippen LogP contribution in [0.4, 0.5) is 5.69 Å². The number of carbonyl (C=O) groups is 2. The van der Waals surface area contributed by atoms with Crippen LogP contribution >= 0.6 is 23.2 Å². The van der Waals surface area contributed by atoms with Gasteiger partial charge in [-0.2, -0.15) is 0 Å². The molecule has 5 heteroatoms. The van der Waals surface area contributed by atoms with Crippen molar-refractivity contribution in [2.75, 3.05) is 4.90 Å². The zero-order chi connectivity index (χ0) is 15.0. The summed E-state index contributed by atoms with van der Waals surface area (Å²) in [6.07, 6.45) is 0. The molecule has 2 aromatic carbocycles. The van der Waals surface area contributed by atoms with Gasteiger partial charge in [-0.15, -0.1) is 0 Å². The van der Waals surface area contributed by atoms with Gasteiger partial charge >= 0.3 is 0 Å². The van der Waals surface area contributed by atoms with Crippen molar-refractivity contribution in [2.45, 2.75) is 0 Å². The molecule has 0 N–H and O–H groups in total. The maximum atomic E-state index is 12.5. The molecule has 0 radical (unpaired) electrons. The van der Waals surface area contributed by atoms with Gasteiger partial charge in [0.15, 0.2) is 0 Å². The molecule has 1 heterocycles. The lowest BCUT2D eigenvalue weighted by molar-refractivity contribution is -0.119. The third kappa shape index (κ3) is 2.35. The fourth-order valence-electron chi connectivity index (χ4n) is 2.18. The minimum absolute atomic E-state index is 0.0684. The van der Waals surface area contributed by atoms with Gasteiger partial charge in [-0.05, 0) is 29.8 Å². The molecule has 3 rings (SSSR count). The van der Waals surface area contributed by atoms with E-state index in [1.807, 2.05) is 6.07 Å². The zero-order valence-electron chi connectivity index (χ0n) is 10.7. The van der Waals surface area contributed by atoms with Crippen molar-refractivity contribution < 1.29 is 9.59 Å². The lowest BCUT2D eigenvalue weighted by Crippen LogP contribution is -2.31. The van der Waals surface area contributed by atoms with Crippen LogP contribution in [0.25, 0.3) is 5.57 Å². The fraction of sp³-hybridized carbons (Fsp3) is 0. The summed E-state index contributed by atoms with van der Waals surface area (Å²) in [5, 5.41) is 0.460. The summed E-state index contributed by atoms with van der Waals surface area (Å²) >= 11 is 11.9. The van der Waals surface area contributed by atoms with E-state index in [0.29, 0.717) is 16.3 Å². The fourth-order valence-corrected chi connectivity index (χ4v) is 2.58. The molecular weight excluding hydrogens is 309 g/mol. The monoisotopic (exact) mass is 317 g/mol. The van der Waals surface area contributed by atoms with Crippen molar-refractivity contribution in [1.29, 1.82) is 0 Å². The van der Waals surface area contributed by atoms with Crippen molar-refractivity contribution >= 4 is 46.3 Å². The minimum Gasteiger partial charge on any atom is -0.268 e. The largest absolute Gasteiger partial charge is 0.277 e. The Kier molecular flexibility index (Phi) is 3.53. The maximum Gasteiger partial charge on any atom is 0.277 e. The van der Waals surface area contributed by atoms with Crippen LogP contribution < -0.4 is 4.90 Å². The quantitative estimate of drug-likeness (QED) is 0.789. The lowest BCUT2D eigenvalue weighted by atomic mass is 10.1. The van der Waals surface area contributed by atoms with Gasteiger partial charge in [0.25, 0.3) is 11.8 Å². The van der Waals surface area contributed by atoms with E-state index in [4.69, 9.17) is 23.2 Å². The summed E-state index contributed by atoms with van der Waals surface area (Å²) in [4.78, 5) is 25.9. The summed E-state index contributed by atoms with van der Waals surface area (Å²) in [6, 6.07) is 15.3. The highest BCUT2D eigenvalue weighted by atomic mass is 35.5. The molecule has 0 aliphatic carbocycles. The van der Waals surface area contributed by atoms with Crippen molar-refractivity contribution in [1.82, 2.24) is 0 Å². The highest BCUT2D eigenvalue weighted by Crippen LogP contribution is 2.34. The van der Waals surface area contributed by atoms with Crippen LogP contribution in [0, 0.1) is 0 Å². The first kappa shape index (κ1) is 13.9. The van der Waals surface area contributed by atoms with Crippen molar-refractivity contribution in [3.8, 4) is 0 Å². The molecule has 3 nitrogen and oxygen atoms in total. The van der Waals surface area contributed by atoms with Crippen LogP contribution in [0.5, 0.6) is 0 Å². The van der Waals surface area contributed by atoms with E-state index in [1.54, 1.807) is 48.5 Å². The second kappa shape index (κ2) is 5.35. The molecule has 0 bridgehead atoms. The van der Waals surface area contributed by atoms with Gasteiger partial charge in [-0.25, -0.2) is 4.90 Å². The standard InChI is InChI=1S/C16H9Cl2NO2/c17-11-6-8-12(9-7-11)19-15(20)13(14(18)16(19)21)10-4-2-1-3-5-10/h1-9H. The summed E-state index contributed by atoms with van der Waals surface area (Å²) in [5.74, 6) is -0.957. The first-order valence-corrected chi connectivity index (χ1v) is 6.95. The van der Waals surface area contributed by atoms with Crippen LogP contribution in [0.3, 0.4) is 0 Å². The Morgan fingerprint density at radius 3 is 2.00 bits per heavy atom. The Hall–Kier alpha value is -2.10. The van der Waals surface area contributed by atoms with Crippen molar-refractivity contribution in [3.05, 3.63) is 70.2 Å². The predicted molar refractivity (Wildman–Crippen MR) is 83.2 cm³/mol. The summed E-state index contributed by atoms with van der Waals surface area (Å²) in [7, 11) is 0. The average molecular weight is 318 g/mol. The normalized spacial score (nSPS) is 15.0. The Morgan fingerprint density at radius 2 is 1.38 bits per heavy atom. The van der Waals surface area contributed by atoms with E-state index in [0.717, 1.165) is 4.90 Å². The number of rotatable bonds is 2. The zero-order valence-corrected chi connectivity index (χ0v) is 12.2. The number of imide groups is 1. The van der Waals surface area contributed by atoms with Crippen LogP contribution in [0.2, 0.25) is 5.02 Å². The molecule has 0 aromatic heterocycles. The topological polar surface area (TPSA) is 37.4 Å². The molecule has 0 unspecified atom stereocenters. The molecule has 0 fully saturated rings. The average Bonchev–Trinajstić information content (AvgIpc) is 2.72. The molecule has 1 aliphatic heterocycles. The first-order valence-electron chi connectivity index (χ1n) is 6.19. The summed E-state index contributed by atoms with van der Waals surface area (Å²) in [6.45, 7) is 0. The Bertz CT molecular complexity index is 752. The third-order valence-corrected chi connectivity index (χ3v) is 3.78. The Balaban J connectivity index is 2.04. The molecule has 2 aromatic rings. The summed E-state index contributed by atoms with van der Waals surface area (Å²) < 4.78 is 0. The first-order chi connectivity index (χ1) is 10.1. The van der Waals surface area contributed by atoms with Crippen LogP contribution in [-0.4, -0.2) is 11.8 Å². The predicted octanol–water partition coefficient (Wildman–Crippen LogP) is 3.86. The van der Waals surface area contributed by atoms with Crippen LogP contribution in [0.15, 0.2) is 59.6 Å². The van der Waals surface area contributed by atoms with Gasteiger partial charge in [-0.3, -0.25) is 9.59 Å². The molecule has 0 saturated heterocycles. The van der Waals surface area contributed by atoms with Crippen LogP contribution in [-0.2, 0) is 9.59 Å². The van der Waals surface area contributed by atoms with Gasteiger partial charge in [0.05, 0.1) is 11.3 Å². The van der Waals surface area contributed by atoms with E-state index in [9.17, 15) is 9.59 Å². The number of nitrogens with zero attached hydrogens (tertiary/aromatic N) is 1. The number of hydrogen-bond donors (Lipinski definition) is 0. The second-order valence-electron chi connectivity index (χ2n) is 4.48. The van der Waals surface area contributed by atoms with Crippen LogP contribution in [0.1, 0.15) is 5.56 Å². The van der Waals surface area contributed by atoms with Crippen molar-refractivity contribution in [2.24, 2.45) is 0 Å². The number of hydrogen-bond acceptors (Lipinski definition) is 2. The minimum atomic E-state index is -0.525. The molecule has 0 spiro atoms. The Morgan fingerprint density at radius 1 is 0.762 bits per heavy atom. The molecule has 21 heavy (non-hydrogen) atoms. The van der Waals surface area contributed by atoms with Crippen molar-refractivity contribution in [3.63, 3.8) is 0 Å². The van der Waals surface area contributed by atoms with Gasteiger partial charge in [-0.1, -0.05) is 53.5 Å². The number of halogens is 2. The lowest BCUT2D eigenvalue weighted by Gasteiger charge is -2.14. The van der Waals surface area contributed by atoms with E-state index < -0.39 is 11.8 Å². The maximum absolute atomic E-state index is 12.5. The van der Waals surface area contributed by atoms with E-state index in [-0.39, 0.29) is 10.6 Å². The van der Waals surface area contributed by atoms with Gasteiger partial charge in [0.1, 0.15) is 5.03 Å². The molecule has 104 valence electrons. The number of anilines is 1. The van der Waals surface area contributed by atoms with Gasteiger partial charge in [0, 0.05) is 5.02 Å². The molecule has 0 atom stereocenters.